The number of rotatable bonds is 9. The van der Waals surface area contributed by atoms with Crippen molar-refractivity contribution in [2.75, 3.05) is 39.2 Å². The number of nitrogens with one attached hydrogen (secondary N) is 2. The molecule has 112 valence electrons. The predicted molar refractivity (Wildman–Crippen MR) is 77.4 cm³/mol. The average molecular weight is 282 g/mol. The number of amides is 1. The van der Waals surface area contributed by atoms with Gasteiger partial charge in [-0.2, -0.15) is 0 Å². The molecule has 0 unspecified atom stereocenters. The number of ether oxygens (including phenoxy) is 2. The number of hydrogen-bond acceptors (Lipinski definition) is 5. The van der Waals surface area contributed by atoms with Crippen molar-refractivity contribution in [2.45, 2.75) is 12.8 Å². The summed E-state index contributed by atoms with van der Waals surface area (Å²) in [4.78, 5) is 11.7. The molecular weight excluding hydrogens is 260 g/mol. The van der Waals surface area contributed by atoms with Gasteiger partial charge in [0, 0.05) is 18.2 Å². The van der Waals surface area contributed by atoms with E-state index in [4.69, 9.17) is 14.6 Å². The summed E-state index contributed by atoms with van der Waals surface area (Å²) in [6.07, 6.45) is 1.24. The lowest BCUT2D eigenvalue weighted by Crippen LogP contribution is -2.15. The van der Waals surface area contributed by atoms with Crippen LogP contribution in [0.25, 0.3) is 0 Å². The fourth-order valence-corrected chi connectivity index (χ4v) is 1.67. The first kappa shape index (κ1) is 16.3. The molecule has 6 nitrogen and oxygen atoms in total. The second-order valence-electron chi connectivity index (χ2n) is 4.19. The fraction of sp³-hybridized carbons (Fsp3) is 0.500. The van der Waals surface area contributed by atoms with Crippen LogP contribution < -0.4 is 20.1 Å². The molecule has 0 aromatic heterocycles. The average Bonchev–Trinajstić information content (AvgIpc) is 2.45. The Morgan fingerprint density at radius 1 is 1.35 bits per heavy atom. The summed E-state index contributed by atoms with van der Waals surface area (Å²) in [7, 11) is 3.39. The third-order valence-electron chi connectivity index (χ3n) is 2.63. The molecule has 6 heteroatoms. The minimum Gasteiger partial charge on any atom is -0.493 e. The third kappa shape index (κ3) is 5.46. The Morgan fingerprint density at radius 3 is 2.80 bits per heavy atom. The number of carbonyl (C=O) groups is 1. The Bertz CT molecular complexity index is 424. The molecule has 0 fully saturated rings. The van der Waals surface area contributed by atoms with E-state index in [2.05, 4.69) is 10.6 Å². The first-order valence-electron chi connectivity index (χ1n) is 6.57. The van der Waals surface area contributed by atoms with Crippen molar-refractivity contribution < 1.29 is 19.4 Å². The van der Waals surface area contributed by atoms with Crippen molar-refractivity contribution in [3.8, 4) is 11.5 Å². The molecule has 0 aliphatic rings. The van der Waals surface area contributed by atoms with Gasteiger partial charge in [0.2, 0.25) is 5.91 Å². The van der Waals surface area contributed by atoms with Crippen molar-refractivity contribution >= 4 is 11.6 Å². The number of carbonyl (C=O) groups excluding carboxylic acids is 1. The molecule has 0 heterocycles. The smallest absolute Gasteiger partial charge is 0.224 e. The summed E-state index contributed by atoms with van der Waals surface area (Å²) < 4.78 is 10.5. The Balaban J connectivity index is 2.63. The van der Waals surface area contributed by atoms with E-state index in [1.54, 1.807) is 18.2 Å². The van der Waals surface area contributed by atoms with Crippen molar-refractivity contribution in [3.63, 3.8) is 0 Å². The van der Waals surface area contributed by atoms with Crippen LogP contribution in [0.4, 0.5) is 5.69 Å². The van der Waals surface area contributed by atoms with Crippen LogP contribution in [-0.4, -0.2) is 44.9 Å². The van der Waals surface area contributed by atoms with Gasteiger partial charge in [0.25, 0.3) is 0 Å². The highest BCUT2D eigenvalue weighted by molar-refractivity contribution is 5.91. The van der Waals surface area contributed by atoms with Gasteiger partial charge in [-0.1, -0.05) is 0 Å². The highest BCUT2D eigenvalue weighted by atomic mass is 16.5. The molecule has 1 rings (SSSR count). The van der Waals surface area contributed by atoms with Gasteiger partial charge < -0.3 is 25.2 Å². The largest absolute Gasteiger partial charge is 0.493 e. The Morgan fingerprint density at radius 2 is 2.15 bits per heavy atom. The van der Waals surface area contributed by atoms with Gasteiger partial charge in [-0.15, -0.1) is 0 Å². The van der Waals surface area contributed by atoms with E-state index >= 15 is 0 Å². The summed E-state index contributed by atoms with van der Waals surface area (Å²) in [5, 5.41) is 14.6. The molecule has 0 aliphatic carbocycles. The zero-order chi connectivity index (χ0) is 14.8. The fourth-order valence-electron chi connectivity index (χ4n) is 1.67. The number of hydrogen-bond donors (Lipinski definition) is 3. The highest BCUT2D eigenvalue weighted by Gasteiger charge is 2.08. The molecule has 1 amide bonds. The zero-order valence-corrected chi connectivity index (χ0v) is 11.9. The Kier molecular flexibility index (Phi) is 7.46. The maximum Gasteiger partial charge on any atom is 0.224 e. The van der Waals surface area contributed by atoms with Crippen LogP contribution in [0.2, 0.25) is 0 Å². The summed E-state index contributed by atoms with van der Waals surface area (Å²) in [5.41, 5.74) is 0.646. The molecule has 0 aliphatic heterocycles. The van der Waals surface area contributed by atoms with E-state index in [0.29, 0.717) is 23.6 Å². The van der Waals surface area contributed by atoms with Crippen LogP contribution in [-0.2, 0) is 4.79 Å². The lowest BCUT2D eigenvalue weighted by molar-refractivity contribution is -0.116. The first-order chi connectivity index (χ1) is 9.71. The van der Waals surface area contributed by atoms with E-state index < -0.39 is 0 Å². The number of aliphatic hydroxyl groups excluding tert-OH is 1. The van der Waals surface area contributed by atoms with Gasteiger partial charge in [0.15, 0.2) is 11.5 Å². The molecule has 0 spiro atoms. The molecule has 0 saturated carbocycles. The van der Waals surface area contributed by atoms with Gasteiger partial charge in [0.1, 0.15) is 6.61 Å². The molecule has 0 bridgehead atoms. The van der Waals surface area contributed by atoms with Crippen molar-refractivity contribution in [2.24, 2.45) is 0 Å². The van der Waals surface area contributed by atoms with E-state index in [9.17, 15) is 4.79 Å². The minimum absolute atomic E-state index is 0.0430. The second kappa shape index (κ2) is 9.17. The summed E-state index contributed by atoms with van der Waals surface area (Å²) in [6.45, 7) is 0.903. The van der Waals surface area contributed by atoms with Crippen LogP contribution in [0.1, 0.15) is 12.8 Å². The highest BCUT2D eigenvalue weighted by Crippen LogP contribution is 2.30. The summed E-state index contributed by atoms with van der Waals surface area (Å²) in [5.74, 6) is 1.01. The van der Waals surface area contributed by atoms with Gasteiger partial charge >= 0.3 is 0 Å². The predicted octanol–water partition coefficient (Wildman–Crippen LogP) is 1.00. The molecule has 0 saturated heterocycles. The number of benzene rings is 1. The molecule has 1 aromatic rings. The van der Waals surface area contributed by atoms with Crippen molar-refractivity contribution in [1.82, 2.24) is 5.32 Å². The van der Waals surface area contributed by atoms with E-state index in [1.165, 1.54) is 7.11 Å². The van der Waals surface area contributed by atoms with Crippen molar-refractivity contribution in [1.29, 1.82) is 0 Å². The summed E-state index contributed by atoms with van der Waals surface area (Å²) >= 11 is 0. The number of aliphatic hydroxyl groups is 1. The standard InChI is InChI=1S/C14H22N2O4/c1-15-7-3-4-14(18)16-11-5-6-12(19-2)13(10-11)20-9-8-17/h5-6,10,15,17H,3-4,7-9H2,1-2H3,(H,16,18). The van der Waals surface area contributed by atoms with Crippen LogP contribution in [0.15, 0.2) is 18.2 Å². The minimum atomic E-state index is -0.0796. The zero-order valence-electron chi connectivity index (χ0n) is 11.9. The normalized spacial score (nSPS) is 10.2. The van der Waals surface area contributed by atoms with Gasteiger partial charge in [-0.3, -0.25) is 4.79 Å². The molecule has 0 radical (unpaired) electrons. The molecule has 0 atom stereocenters. The molecule has 1 aromatic carbocycles. The molecule has 20 heavy (non-hydrogen) atoms. The maximum atomic E-state index is 11.7. The lowest BCUT2D eigenvalue weighted by Gasteiger charge is -2.12. The van der Waals surface area contributed by atoms with Gasteiger partial charge in [-0.25, -0.2) is 0 Å². The van der Waals surface area contributed by atoms with Crippen molar-refractivity contribution in [3.05, 3.63) is 18.2 Å². The number of methoxy groups -OCH3 is 1. The van der Waals surface area contributed by atoms with Gasteiger partial charge in [-0.05, 0) is 32.1 Å². The first-order valence-corrected chi connectivity index (χ1v) is 6.57. The van der Waals surface area contributed by atoms with Crippen LogP contribution in [0.5, 0.6) is 11.5 Å². The van der Waals surface area contributed by atoms with Gasteiger partial charge in [0.05, 0.1) is 13.7 Å². The SMILES string of the molecule is CNCCCC(=O)Nc1ccc(OC)c(OCCO)c1. The summed E-state index contributed by atoms with van der Waals surface area (Å²) in [6, 6.07) is 5.15. The van der Waals surface area contributed by atoms with Crippen LogP contribution >= 0.6 is 0 Å². The van der Waals surface area contributed by atoms with E-state index in [1.807, 2.05) is 7.05 Å². The maximum absolute atomic E-state index is 11.7. The number of anilines is 1. The monoisotopic (exact) mass is 282 g/mol. The quantitative estimate of drug-likeness (QED) is 0.589. The third-order valence-corrected chi connectivity index (χ3v) is 2.63. The molecular formula is C14H22N2O4. The van der Waals surface area contributed by atoms with E-state index in [-0.39, 0.29) is 19.1 Å². The Labute approximate surface area is 119 Å². The lowest BCUT2D eigenvalue weighted by atomic mass is 10.2. The van der Waals surface area contributed by atoms with Crippen LogP contribution in [0, 0.1) is 0 Å². The van der Waals surface area contributed by atoms with E-state index in [0.717, 1.165) is 13.0 Å². The van der Waals surface area contributed by atoms with Crippen LogP contribution in [0.3, 0.4) is 0 Å². The molecule has 3 N–H and O–H groups in total. The second-order valence-corrected chi connectivity index (χ2v) is 4.19. The topological polar surface area (TPSA) is 79.8 Å². The Hall–Kier alpha value is -1.79.